The van der Waals surface area contributed by atoms with Crippen molar-refractivity contribution in [2.24, 2.45) is 0 Å². The molecule has 0 atom stereocenters. The number of aryl methyl sites for hydroxylation is 2. The van der Waals surface area contributed by atoms with Crippen LogP contribution in [-0.2, 0) is 24.1 Å². The molecule has 1 N–H and O–H groups in total. The molecule has 2 aromatic carbocycles. The van der Waals surface area contributed by atoms with Gasteiger partial charge in [0.15, 0.2) is 0 Å². The van der Waals surface area contributed by atoms with Crippen LogP contribution in [0.3, 0.4) is 0 Å². The molecule has 0 unspecified atom stereocenters. The second-order valence-electron chi connectivity index (χ2n) is 5.22. The molecule has 1 aliphatic heterocycles. The molecule has 0 aliphatic carbocycles. The molecule has 3 nitrogen and oxygen atoms in total. The second-order valence-corrected chi connectivity index (χ2v) is 5.22. The Bertz CT molecular complexity index is 664. The number of carboxylic acid groups (broad SMARTS) is 1. The van der Waals surface area contributed by atoms with Gasteiger partial charge < -0.3 is 10.0 Å². The lowest BCUT2D eigenvalue weighted by Gasteiger charge is -2.22. The highest BCUT2D eigenvalue weighted by Crippen LogP contribution is 2.35. The summed E-state index contributed by atoms with van der Waals surface area (Å²) in [6.45, 7) is 0. The molecule has 0 aromatic heterocycles. The Hall–Kier alpha value is -2.29. The van der Waals surface area contributed by atoms with Gasteiger partial charge in [-0.05, 0) is 41.7 Å². The highest BCUT2D eigenvalue weighted by molar-refractivity contribution is 5.73. The topological polar surface area (TPSA) is 40.5 Å². The fourth-order valence-electron chi connectivity index (χ4n) is 2.90. The Morgan fingerprint density at radius 1 is 1.10 bits per heavy atom. The molecule has 102 valence electrons. The Morgan fingerprint density at radius 3 is 2.60 bits per heavy atom. The third kappa shape index (κ3) is 2.27. The normalized spacial score (nSPS) is 13.3. The van der Waals surface area contributed by atoms with E-state index >= 15 is 0 Å². The quantitative estimate of drug-likeness (QED) is 0.908. The number of para-hydroxylation sites is 1. The Kier molecular flexibility index (Phi) is 3.18. The fourth-order valence-corrected chi connectivity index (χ4v) is 2.90. The first-order chi connectivity index (χ1) is 9.65. The van der Waals surface area contributed by atoms with E-state index in [9.17, 15) is 4.79 Å². The number of aliphatic carboxylic acids is 1. The Labute approximate surface area is 118 Å². The highest BCUT2D eigenvalue weighted by atomic mass is 16.4. The van der Waals surface area contributed by atoms with Gasteiger partial charge in [0.25, 0.3) is 0 Å². The maximum absolute atomic E-state index is 10.8. The van der Waals surface area contributed by atoms with E-state index in [-0.39, 0.29) is 6.42 Å². The lowest BCUT2D eigenvalue weighted by molar-refractivity contribution is -0.136. The van der Waals surface area contributed by atoms with Crippen molar-refractivity contribution in [2.45, 2.75) is 19.3 Å². The predicted octanol–water partition coefficient (Wildman–Crippen LogP) is 3.18. The van der Waals surface area contributed by atoms with E-state index in [2.05, 4.69) is 36.2 Å². The van der Waals surface area contributed by atoms with Crippen molar-refractivity contribution < 1.29 is 9.90 Å². The molecule has 1 aliphatic rings. The molecule has 0 fully saturated rings. The van der Waals surface area contributed by atoms with Crippen LogP contribution in [0.15, 0.2) is 42.5 Å². The molecule has 0 bridgehead atoms. The molecule has 1 heterocycles. The zero-order valence-corrected chi connectivity index (χ0v) is 11.5. The molecular weight excluding hydrogens is 250 g/mol. The Morgan fingerprint density at radius 2 is 1.80 bits per heavy atom. The zero-order valence-electron chi connectivity index (χ0n) is 11.5. The first kappa shape index (κ1) is 12.7. The van der Waals surface area contributed by atoms with Gasteiger partial charge in [-0.2, -0.15) is 0 Å². The van der Waals surface area contributed by atoms with Gasteiger partial charge in [0, 0.05) is 18.4 Å². The first-order valence-electron chi connectivity index (χ1n) is 6.80. The van der Waals surface area contributed by atoms with Gasteiger partial charge >= 0.3 is 5.97 Å². The Balaban J connectivity index is 2.02. The number of carbonyl (C=O) groups is 1. The summed E-state index contributed by atoms with van der Waals surface area (Å²) in [6.07, 6.45) is 2.03. The van der Waals surface area contributed by atoms with Crippen LogP contribution < -0.4 is 4.90 Å². The van der Waals surface area contributed by atoms with E-state index in [1.807, 2.05) is 18.2 Å². The van der Waals surface area contributed by atoms with Crippen LogP contribution >= 0.6 is 0 Å². The average molecular weight is 267 g/mol. The predicted molar refractivity (Wildman–Crippen MR) is 79.7 cm³/mol. The van der Waals surface area contributed by atoms with Crippen LogP contribution in [-0.4, -0.2) is 18.1 Å². The van der Waals surface area contributed by atoms with Crippen molar-refractivity contribution in [3.05, 3.63) is 59.2 Å². The fraction of sp³-hybridized carbons (Fsp3) is 0.235. The summed E-state index contributed by atoms with van der Waals surface area (Å²) in [7, 11) is 2.07. The van der Waals surface area contributed by atoms with E-state index in [1.165, 1.54) is 22.5 Å². The SMILES string of the molecule is CN1c2ccccc2CCc2cc(CC(=O)O)ccc21. The van der Waals surface area contributed by atoms with Crippen LogP contribution in [0.25, 0.3) is 0 Å². The summed E-state index contributed by atoms with van der Waals surface area (Å²) in [5.41, 5.74) is 5.84. The van der Waals surface area contributed by atoms with Crippen LogP contribution in [0.4, 0.5) is 11.4 Å². The minimum atomic E-state index is -0.782. The second kappa shape index (κ2) is 5.00. The number of benzene rings is 2. The van der Waals surface area contributed by atoms with Crippen molar-refractivity contribution in [3.8, 4) is 0 Å². The highest BCUT2D eigenvalue weighted by Gasteiger charge is 2.17. The maximum atomic E-state index is 10.8. The number of nitrogens with zero attached hydrogens (tertiary/aromatic N) is 1. The van der Waals surface area contributed by atoms with Crippen LogP contribution in [0.1, 0.15) is 16.7 Å². The number of fused-ring (bicyclic) bond motifs is 2. The third-order valence-electron chi connectivity index (χ3n) is 3.88. The average Bonchev–Trinajstić information content (AvgIpc) is 2.57. The van der Waals surface area contributed by atoms with Crippen molar-refractivity contribution in [1.82, 2.24) is 0 Å². The molecule has 20 heavy (non-hydrogen) atoms. The zero-order chi connectivity index (χ0) is 14.1. The maximum Gasteiger partial charge on any atom is 0.307 e. The molecule has 3 heteroatoms. The monoisotopic (exact) mass is 267 g/mol. The summed E-state index contributed by atoms with van der Waals surface area (Å²) in [5.74, 6) is -0.782. The van der Waals surface area contributed by atoms with E-state index in [0.29, 0.717) is 0 Å². The number of hydrogen-bond acceptors (Lipinski definition) is 2. The molecule has 0 amide bonds. The number of rotatable bonds is 2. The van der Waals surface area contributed by atoms with Gasteiger partial charge in [-0.25, -0.2) is 0 Å². The largest absolute Gasteiger partial charge is 0.481 e. The van der Waals surface area contributed by atoms with Gasteiger partial charge in [-0.15, -0.1) is 0 Å². The van der Waals surface area contributed by atoms with E-state index < -0.39 is 5.97 Å². The van der Waals surface area contributed by atoms with Gasteiger partial charge in [0.1, 0.15) is 0 Å². The minimum absolute atomic E-state index is 0.0872. The van der Waals surface area contributed by atoms with Gasteiger partial charge in [0.2, 0.25) is 0 Å². The molecule has 2 aromatic rings. The number of anilines is 2. The standard InChI is InChI=1S/C17H17NO2/c1-18-15-5-3-2-4-13(15)7-8-14-10-12(11-17(19)20)6-9-16(14)18/h2-6,9-10H,7-8,11H2,1H3,(H,19,20). The molecule has 0 radical (unpaired) electrons. The summed E-state index contributed by atoms with van der Waals surface area (Å²) in [5, 5.41) is 8.91. The number of carboxylic acids is 1. The molecule has 0 spiro atoms. The molecule has 0 saturated carbocycles. The van der Waals surface area contributed by atoms with Crippen LogP contribution in [0, 0.1) is 0 Å². The van der Waals surface area contributed by atoms with Crippen LogP contribution in [0.5, 0.6) is 0 Å². The van der Waals surface area contributed by atoms with Gasteiger partial charge in [-0.3, -0.25) is 4.79 Å². The molecule has 3 rings (SSSR count). The van der Waals surface area contributed by atoms with Crippen LogP contribution in [0.2, 0.25) is 0 Å². The van der Waals surface area contributed by atoms with E-state index in [1.54, 1.807) is 0 Å². The molecular formula is C17H17NO2. The van der Waals surface area contributed by atoms with Crippen molar-refractivity contribution in [1.29, 1.82) is 0 Å². The van der Waals surface area contributed by atoms with E-state index in [4.69, 9.17) is 5.11 Å². The van der Waals surface area contributed by atoms with Crippen molar-refractivity contribution >= 4 is 17.3 Å². The lowest BCUT2D eigenvalue weighted by Crippen LogP contribution is -2.11. The lowest BCUT2D eigenvalue weighted by atomic mass is 10.0. The van der Waals surface area contributed by atoms with Gasteiger partial charge in [0.05, 0.1) is 6.42 Å². The van der Waals surface area contributed by atoms with E-state index in [0.717, 1.165) is 18.4 Å². The summed E-state index contributed by atoms with van der Waals surface area (Å²) >= 11 is 0. The summed E-state index contributed by atoms with van der Waals surface area (Å²) < 4.78 is 0. The smallest absolute Gasteiger partial charge is 0.307 e. The molecule has 0 saturated heterocycles. The number of hydrogen-bond donors (Lipinski definition) is 1. The third-order valence-corrected chi connectivity index (χ3v) is 3.88. The summed E-state index contributed by atoms with van der Waals surface area (Å²) in [4.78, 5) is 13.0. The van der Waals surface area contributed by atoms with Crippen molar-refractivity contribution in [3.63, 3.8) is 0 Å². The minimum Gasteiger partial charge on any atom is -0.481 e. The first-order valence-corrected chi connectivity index (χ1v) is 6.80. The summed E-state index contributed by atoms with van der Waals surface area (Å²) in [6, 6.07) is 14.4. The van der Waals surface area contributed by atoms with Crippen molar-refractivity contribution in [2.75, 3.05) is 11.9 Å². The van der Waals surface area contributed by atoms with Gasteiger partial charge in [-0.1, -0.05) is 30.3 Å².